The Balaban J connectivity index is 0.00000242. The van der Waals surface area contributed by atoms with Crippen LogP contribution in [0.5, 0.6) is 0 Å². The number of hydrogen-bond donors (Lipinski definition) is 2. The Kier molecular flexibility index (Phi) is 6.15. The number of nitrogens with one attached hydrogen (secondary N) is 1. The van der Waals surface area contributed by atoms with E-state index in [1.165, 1.54) is 11.1 Å². The van der Waals surface area contributed by atoms with Gasteiger partial charge in [-0.2, -0.15) is 0 Å². The average molecular weight is 319 g/mol. The van der Waals surface area contributed by atoms with E-state index in [1.54, 1.807) is 6.92 Å². The third-order valence-corrected chi connectivity index (χ3v) is 3.78. The van der Waals surface area contributed by atoms with E-state index < -0.39 is 5.54 Å². The van der Waals surface area contributed by atoms with E-state index in [0.29, 0.717) is 6.54 Å². The van der Waals surface area contributed by atoms with E-state index in [4.69, 9.17) is 5.73 Å². The molecule has 2 aromatic rings. The maximum atomic E-state index is 12.4. The predicted octanol–water partition coefficient (Wildman–Crippen LogP) is 3.22. The minimum atomic E-state index is -1.03. The number of halogens is 1. The molecule has 0 fully saturated rings. The van der Waals surface area contributed by atoms with Crippen LogP contribution in [-0.2, 0) is 16.9 Å². The minimum Gasteiger partial charge on any atom is -0.350 e. The highest BCUT2D eigenvalue weighted by Crippen LogP contribution is 2.18. The van der Waals surface area contributed by atoms with Crippen LogP contribution in [0.1, 0.15) is 29.2 Å². The van der Waals surface area contributed by atoms with Crippen LogP contribution in [0.15, 0.2) is 48.5 Å². The summed E-state index contributed by atoms with van der Waals surface area (Å²) in [7, 11) is 0. The summed E-state index contributed by atoms with van der Waals surface area (Å²) < 4.78 is 0. The zero-order valence-electron chi connectivity index (χ0n) is 13.2. The van der Waals surface area contributed by atoms with Gasteiger partial charge in [0, 0.05) is 6.54 Å². The van der Waals surface area contributed by atoms with Crippen molar-refractivity contribution in [1.82, 2.24) is 5.32 Å². The van der Waals surface area contributed by atoms with E-state index in [1.807, 2.05) is 49.4 Å². The van der Waals surface area contributed by atoms with Crippen LogP contribution >= 0.6 is 12.4 Å². The van der Waals surface area contributed by atoms with Crippen molar-refractivity contribution >= 4 is 18.3 Å². The van der Waals surface area contributed by atoms with Crippen molar-refractivity contribution < 1.29 is 4.79 Å². The van der Waals surface area contributed by atoms with Gasteiger partial charge in [-0.25, -0.2) is 0 Å². The monoisotopic (exact) mass is 318 g/mol. The number of rotatable bonds is 4. The zero-order valence-corrected chi connectivity index (χ0v) is 14.0. The van der Waals surface area contributed by atoms with Crippen molar-refractivity contribution in [2.45, 2.75) is 32.9 Å². The first-order chi connectivity index (χ1) is 9.91. The third kappa shape index (κ3) is 4.09. The van der Waals surface area contributed by atoms with E-state index in [2.05, 4.69) is 18.3 Å². The Bertz CT molecular complexity index is 639. The van der Waals surface area contributed by atoms with Crippen LogP contribution in [0.25, 0.3) is 0 Å². The summed E-state index contributed by atoms with van der Waals surface area (Å²) in [6, 6.07) is 15.6. The summed E-state index contributed by atoms with van der Waals surface area (Å²) in [5, 5.41) is 2.93. The Morgan fingerprint density at radius 1 is 1.14 bits per heavy atom. The van der Waals surface area contributed by atoms with Crippen molar-refractivity contribution in [3.8, 4) is 0 Å². The quantitative estimate of drug-likeness (QED) is 0.909. The standard InChI is InChI=1S/C18H22N2O.ClH/c1-13-9-10-15(14(2)11-13)12-20-17(21)18(3,19)16-7-5-4-6-8-16;/h4-11H,12,19H2,1-3H3,(H,20,21);1H. The number of carbonyl (C=O) groups excluding carboxylic acids is 1. The number of benzene rings is 2. The summed E-state index contributed by atoms with van der Waals surface area (Å²) in [5.74, 6) is -0.173. The molecule has 1 unspecified atom stereocenters. The molecule has 0 heterocycles. The lowest BCUT2D eigenvalue weighted by Gasteiger charge is -2.24. The van der Waals surface area contributed by atoms with Gasteiger partial charge in [-0.05, 0) is 37.5 Å². The predicted molar refractivity (Wildman–Crippen MR) is 93.0 cm³/mol. The number of amides is 1. The molecule has 0 aliphatic rings. The van der Waals surface area contributed by atoms with Crippen molar-refractivity contribution in [3.05, 3.63) is 70.8 Å². The van der Waals surface area contributed by atoms with E-state index in [0.717, 1.165) is 11.1 Å². The second-order valence-electron chi connectivity index (χ2n) is 5.68. The third-order valence-electron chi connectivity index (χ3n) is 3.78. The van der Waals surface area contributed by atoms with Gasteiger partial charge in [0.15, 0.2) is 0 Å². The van der Waals surface area contributed by atoms with Crippen molar-refractivity contribution in [2.75, 3.05) is 0 Å². The molecule has 118 valence electrons. The summed E-state index contributed by atoms with van der Waals surface area (Å²) in [4.78, 5) is 12.4. The molecule has 4 heteroatoms. The van der Waals surface area contributed by atoms with Crippen LogP contribution in [0.4, 0.5) is 0 Å². The Labute approximate surface area is 138 Å². The molecule has 3 nitrogen and oxygen atoms in total. The highest BCUT2D eigenvalue weighted by atomic mass is 35.5. The molecule has 0 aromatic heterocycles. The first kappa shape index (κ1) is 18.2. The second kappa shape index (κ2) is 7.43. The SMILES string of the molecule is Cc1ccc(CNC(=O)C(C)(N)c2ccccc2)c(C)c1.Cl. The van der Waals surface area contributed by atoms with Crippen molar-refractivity contribution in [2.24, 2.45) is 5.73 Å². The van der Waals surface area contributed by atoms with Gasteiger partial charge < -0.3 is 11.1 Å². The normalized spacial score (nSPS) is 12.9. The molecular formula is C18H23ClN2O. The molecular weight excluding hydrogens is 296 g/mol. The summed E-state index contributed by atoms with van der Waals surface area (Å²) in [6.07, 6.45) is 0. The number of hydrogen-bond acceptors (Lipinski definition) is 2. The fourth-order valence-electron chi connectivity index (χ4n) is 2.32. The molecule has 1 atom stereocenters. The van der Waals surface area contributed by atoms with Gasteiger partial charge in [0.1, 0.15) is 5.54 Å². The fraction of sp³-hybridized carbons (Fsp3) is 0.278. The topological polar surface area (TPSA) is 55.1 Å². The minimum absolute atomic E-state index is 0. The molecule has 0 aliphatic heterocycles. The first-order valence-electron chi connectivity index (χ1n) is 7.10. The van der Waals surface area contributed by atoms with Crippen molar-refractivity contribution in [1.29, 1.82) is 0 Å². The molecule has 0 saturated heterocycles. The van der Waals surface area contributed by atoms with E-state index in [-0.39, 0.29) is 18.3 Å². The van der Waals surface area contributed by atoms with Crippen molar-refractivity contribution in [3.63, 3.8) is 0 Å². The Morgan fingerprint density at radius 2 is 1.77 bits per heavy atom. The van der Waals surface area contributed by atoms with Gasteiger partial charge in [-0.1, -0.05) is 54.1 Å². The lowest BCUT2D eigenvalue weighted by Crippen LogP contribution is -2.48. The maximum Gasteiger partial charge on any atom is 0.244 e. The molecule has 0 radical (unpaired) electrons. The van der Waals surface area contributed by atoms with Crippen LogP contribution < -0.4 is 11.1 Å². The maximum absolute atomic E-state index is 12.4. The summed E-state index contributed by atoms with van der Waals surface area (Å²) in [6.45, 7) is 6.33. The Hall–Kier alpha value is -1.84. The highest BCUT2D eigenvalue weighted by Gasteiger charge is 2.29. The van der Waals surface area contributed by atoms with Gasteiger partial charge in [-0.3, -0.25) is 4.79 Å². The molecule has 3 N–H and O–H groups in total. The number of nitrogens with two attached hydrogens (primary N) is 1. The van der Waals surface area contributed by atoms with E-state index in [9.17, 15) is 4.79 Å². The lowest BCUT2D eigenvalue weighted by molar-refractivity contribution is -0.126. The molecule has 2 rings (SSSR count). The van der Waals surface area contributed by atoms with Crippen LogP contribution in [0, 0.1) is 13.8 Å². The van der Waals surface area contributed by atoms with Gasteiger partial charge in [0.25, 0.3) is 0 Å². The second-order valence-corrected chi connectivity index (χ2v) is 5.68. The van der Waals surface area contributed by atoms with Gasteiger partial charge in [-0.15, -0.1) is 12.4 Å². The van der Waals surface area contributed by atoms with Gasteiger partial charge in [0.05, 0.1) is 0 Å². The molecule has 0 aliphatic carbocycles. The Morgan fingerprint density at radius 3 is 2.36 bits per heavy atom. The smallest absolute Gasteiger partial charge is 0.244 e. The van der Waals surface area contributed by atoms with Crippen LogP contribution in [-0.4, -0.2) is 5.91 Å². The fourth-order valence-corrected chi connectivity index (χ4v) is 2.32. The lowest BCUT2D eigenvalue weighted by atomic mass is 9.92. The molecule has 0 saturated carbocycles. The first-order valence-corrected chi connectivity index (χ1v) is 7.10. The van der Waals surface area contributed by atoms with Crippen LogP contribution in [0.3, 0.4) is 0 Å². The highest BCUT2D eigenvalue weighted by molar-refractivity contribution is 5.87. The zero-order chi connectivity index (χ0) is 15.5. The molecule has 1 amide bonds. The molecule has 2 aromatic carbocycles. The van der Waals surface area contributed by atoms with E-state index >= 15 is 0 Å². The van der Waals surface area contributed by atoms with Gasteiger partial charge >= 0.3 is 0 Å². The van der Waals surface area contributed by atoms with Crippen LogP contribution in [0.2, 0.25) is 0 Å². The number of carbonyl (C=O) groups is 1. The summed E-state index contributed by atoms with van der Waals surface area (Å²) >= 11 is 0. The largest absolute Gasteiger partial charge is 0.350 e. The van der Waals surface area contributed by atoms with Gasteiger partial charge in [0.2, 0.25) is 5.91 Å². The molecule has 0 spiro atoms. The average Bonchev–Trinajstić information content (AvgIpc) is 2.47. The number of aryl methyl sites for hydroxylation is 2. The molecule has 22 heavy (non-hydrogen) atoms. The molecule has 0 bridgehead atoms. The summed E-state index contributed by atoms with van der Waals surface area (Å²) in [5.41, 5.74) is 9.48.